The molecular weight excluding hydrogens is 434 g/mol. The molecule has 0 spiro atoms. The lowest BCUT2D eigenvalue weighted by Crippen LogP contribution is -2.40. The quantitative estimate of drug-likeness (QED) is 0.379. The third kappa shape index (κ3) is 5.01. The first-order chi connectivity index (χ1) is 15.6. The molecule has 32 heavy (non-hydrogen) atoms. The largest absolute Gasteiger partial charge is 0.490 e. The van der Waals surface area contributed by atoms with E-state index < -0.39 is 16.0 Å². The van der Waals surface area contributed by atoms with Crippen LogP contribution in [-0.4, -0.2) is 58.2 Å². The molecule has 9 heteroatoms. The maximum atomic E-state index is 12.6. The van der Waals surface area contributed by atoms with Gasteiger partial charge in [-0.25, -0.2) is 13.2 Å². The number of furan rings is 1. The minimum Gasteiger partial charge on any atom is -0.490 e. The minimum atomic E-state index is -3.55. The molecule has 1 aromatic heterocycles. The highest BCUT2D eigenvalue weighted by atomic mass is 32.2. The van der Waals surface area contributed by atoms with Gasteiger partial charge in [0.25, 0.3) is 0 Å². The predicted molar refractivity (Wildman–Crippen MR) is 116 cm³/mol. The van der Waals surface area contributed by atoms with Gasteiger partial charge in [0.05, 0.1) is 24.4 Å². The van der Waals surface area contributed by atoms with Gasteiger partial charge in [-0.1, -0.05) is 30.3 Å². The molecule has 0 unspecified atom stereocenters. The standard InChI is InChI=1S/C23H23NO7S/c25-23(22-21(10-13-30-22)18-4-2-1-3-5-18)31-17-16-29-19-6-8-20(9-7-19)32(26,27)24-11-14-28-15-12-24/h1-10,13H,11-12,14-17H2. The van der Waals surface area contributed by atoms with E-state index in [4.69, 9.17) is 18.6 Å². The van der Waals surface area contributed by atoms with Crippen LogP contribution in [0.15, 0.2) is 76.2 Å². The monoisotopic (exact) mass is 457 g/mol. The number of carbonyl (C=O) groups is 1. The number of carbonyl (C=O) groups excluding carboxylic acids is 1. The van der Waals surface area contributed by atoms with E-state index in [1.807, 2.05) is 30.3 Å². The molecule has 4 rings (SSSR count). The van der Waals surface area contributed by atoms with Crippen LogP contribution in [0, 0.1) is 0 Å². The zero-order valence-electron chi connectivity index (χ0n) is 17.3. The summed E-state index contributed by atoms with van der Waals surface area (Å²) >= 11 is 0. The fraction of sp³-hybridized carbons (Fsp3) is 0.261. The Labute approximate surface area is 186 Å². The molecule has 0 atom stereocenters. The zero-order valence-corrected chi connectivity index (χ0v) is 18.1. The van der Waals surface area contributed by atoms with Crippen LogP contribution in [0.5, 0.6) is 5.75 Å². The number of hydrogen-bond acceptors (Lipinski definition) is 7. The van der Waals surface area contributed by atoms with E-state index in [0.717, 1.165) is 5.56 Å². The normalized spacial score (nSPS) is 14.8. The summed E-state index contributed by atoms with van der Waals surface area (Å²) in [5, 5.41) is 0. The number of morpholine rings is 1. The highest BCUT2D eigenvalue weighted by molar-refractivity contribution is 7.89. The van der Waals surface area contributed by atoms with Crippen LogP contribution in [-0.2, 0) is 19.5 Å². The fourth-order valence-electron chi connectivity index (χ4n) is 3.32. The SMILES string of the molecule is O=C(OCCOc1ccc(S(=O)(=O)N2CCOCC2)cc1)c1occc1-c1ccccc1. The number of ether oxygens (including phenoxy) is 3. The molecule has 1 saturated heterocycles. The Bertz CT molecular complexity index is 1130. The molecule has 2 heterocycles. The van der Waals surface area contributed by atoms with Crippen LogP contribution in [0.3, 0.4) is 0 Å². The van der Waals surface area contributed by atoms with Gasteiger partial charge >= 0.3 is 5.97 Å². The fourth-order valence-corrected chi connectivity index (χ4v) is 4.72. The molecule has 168 valence electrons. The van der Waals surface area contributed by atoms with Gasteiger partial charge in [0, 0.05) is 18.7 Å². The lowest BCUT2D eigenvalue weighted by molar-refractivity contribution is 0.0416. The van der Waals surface area contributed by atoms with Crippen molar-refractivity contribution in [3.63, 3.8) is 0 Å². The molecule has 0 amide bonds. The second-order valence-corrected chi connectivity index (χ2v) is 8.94. The predicted octanol–water partition coefficient (Wildman–Crippen LogP) is 3.20. The van der Waals surface area contributed by atoms with Crippen molar-refractivity contribution in [3.8, 4) is 16.9 Å². The Morgan fingerprint density at radius 1 is 0.938 bits per heavy atom. The van der Waals surface area contributed by atoms with Crippen molar-refractivity contribution < 1.29 is 31.8 Å². The van der Waals surface area contributed by atoms with Crippen molar-refractivity contribution in [2.45, 2.75) is 4.90 Å². The number of rotatable bonds is 8. The van der Waals surface area contributed by atoms with E-state index in [9.17, 15) is 13.2 Å². The van der Waals surface area contributed by atoms with E-state index in [0.29, 0.717) is 37.6 Å². The maximum Gasteiger partial charge on any atom is 0.375 e. The number of esters is 1. The summed E-state index contributed by atoms with van der Waals surface area (Å²) in [5.41, 5.74) is 1.52. The second kappa shape index (κ2) is 9.99. The molecular formula is C23H23NO7S. The Hall–Kier alpha value is -3.14. The molecule has 1 aliphatic rings. The number of sulfonamides is 1. The summed E-state index contributed by atoms with van der Waals surface area (Å²) in [7, 11) is -3.55. The van der Waals surface area contributed by atoms with Crippen LogP contribution in [0.4, 0.5) is 0 Å². The Morgan fingerprint density at radius 3 is 2.38 bits per heavy atom. The van der Waals surface area contributed by atoms with Gasteiger partial charge in [-0.2, -0.15) is 4.31 Å². The molecule has 2 aromatic carbocycles. The maximum absolute atomic E-state index is 12.6. The molecule has 0 aliphatic carbocycles. The molecule has 1 fully saturated rings. The van der Waals surface area contributed by atoms with Crippen LogP contribution < -0.4 is 4.74 Å². The third-order valence-electron chi connectivity index (χ3n) is 4.95. The summed E-state index contributed by atoms with van der Waals surface area (Å²) < 4.78 is 48.0. The van der Waals surface area contributed by atoms with E-state index in [2.05, 4.69) is 0 Å². The molecule has 0 N–H and O–H groups in total. The summed E-state index contributed by atoms with van der Waals surface area (Å²) in [5.74, 6) is 0.0308. The smallest absolute Gasteiger partial charge is 0.375 e. The Morgan fingerprint density at radius 2 is 1.66 bits per heavy atom. The minimum absolute atomic E-state index is 0.0155. The van der Waals surface area contributed by atoms with E-state index >= 15 is 0 Å². The first kappa shape index (κ1) is 22.1. The van der Waals surface area contributed by atoms with Crippen molar-refractivity contribution >= 4 is 16.0 Å². The first-order valence-electron chi connectivity index (χ1n) is 10.2. The summed E-state index contributed by atoms with van der Waals surface area (Å²) in [6.07, 6.45) is 1.45. The lowest BCUT2D eigenvalue weighted by atomic mass is 10.1. The number of benzene rings is 2. The molecule has 0 saturated carbocycles. The third-order valence-corrected chi connectivity index (χ3v) is 6.87. The zero-order chi connectivity index (χ0) is 22.4. The lowest BCUT2D eigenvalue weighted by Gasteiger charge is -2.26. The highest BCUT2D eigenvalue weighted by Crippen LogP contribution is 2.25. The molecule has 8 nitrogen and oxygen atoms in total. The average Bonchev–Trinajstić information content (AvgIpc) is 3.33. The van der Waals surface area contributed by atoms with Gasteiger partial charge in [-0.05, 0) is 35.9 Å². The van der Waals surface area contributed by atoms with Crippen molar-refractivity contribution in [2.75, 3.05) is 39.5 Å². The summed E-state index contributed by atoms with van der Waals surface area (Å²) in [6, 6.07) is 17.3. The molecule has 0 bridgehead atoms. The van der Waals surface area contributed by atoms with Crippen molar-refractivity contribution in [1.82, 2.24) is 4.31 Å². The van der Waals surface area contributed by atoms with Crippen LogP contribution in [0.2, 0.25) is 0 Å². The van der Waals surface area contributed by atoms with Crippen LogP contribution >= 0.6 is 0 Å². The van der Waals surface area contributed by atoms with Crippen molar-refractivity contribution in [3.05, 3.63) is 72.7 Å². The van der Waals surface area contributed by atoms with Crippen LogP contribution in [0.25, 0.3) is 11.1 Å². The van der Waals surface area contributed by atoms with Gasteiger partial charge in [0.15, 0.2) is 0 Å². The second-order valence-electron chi connectivity index (χ2n) is 7.00. The Balaban J connectivity index is 1.28. The average molecular weight is 458 g/mol. The first-order valence-corrected chi connectivity index (χ1v) is 11.6. The van der Waals surface area contributed by atoms with Crippen molar-refractivity contribution in [1.29, 1.82) is 0 Å². The topological polar surface area (TPSA) is 95.3 Å². The van der Waals surface area contributed by atoms with E-state index in [1.165, 1.54) is 22.7 Å². The summed E-state index contributed by atoms with van der Waals surface area (Å²) in [6.45, 7) is 1.60. The van der Waals surface area contributed by atoms with E-state index in [1.54, 1.807) is 18.2 Å². The number of nitrogens with zero attached hydrogens (tertiary/aromatic N) is 1. The van der Waals surface area contributed by atoms with Gasteiger partial charge < -0.3 is 18.6 Å². The Kier molecular flexibility index (Phi) is 6.89. The van der Waals surface area contributed by atoms with Gasteiger partial charge in [0.2, 0.25) is 15.8 Å². The summed E-state index contributed by atoms with van der Waals surface area (Å²) in [4.78, 5) is 12.6. The number of hydrogen-bond donors (Lipinski definition) is 0. The van der Waals surface area contributed by atoms with E-state index in [-0.39, 0.29) is 23.9 Å². The molecule has 1 aliphatic heterocycles. The van der Waals surface area contributed by atoms with Gasteiger partial charge in [-0.3, -0.25) is 0 Å². The van der Waals surface area contributed by atoms with Crippen LogP contribution in [0.1, 0.15) is 10.6 Å². The highest BCUT2D eigenvalue weighted by Gasteiger charge is 2.26. The van der Waals surface area contributed by atoms with Gasteiger partial charge in [0.1, 0.15) is 19.0 Å². The van der Waals surface area contributed by atoms with Gasteiger partial charge in [-0.15, -0.1) is 0 Å². The molecule has 3 aromatic rings. The molecule has 0 radical (unpaired) electrons. The van der Waals surface area contributed by atoms with Crippen molar-refractivity contribution in [2.24, 2.45) is 0 Å².